The maximum absolute atomic E-state index is 5.70. The first-order valence-corrected chi connectivity index (χ1v) is 6.37. The van der Waals surface area contributed by atoms with Gasteiger partial charge in [0.2, 0.25) is 0 Å². The molecule has 2 N–H and O–H groups in total. The summed E-state index contributed by atoms with van der Waals surface area (Å²) in [6.07, 6.45) is 0. The summed E-state index contributed by atoms with van der Waals surface area (Å²) >= 11 is 0. The van der Waals surface area contributed by atoms with Gasteiger partial charge in [0.05, 0.1) is 5.69 Å². The molecule has 3 heteroatoms. The third kappa shape index (κ3) is 2.18. The van der Waals surface area contributed by atoms with Crippen molar-refractivity contribution in [3.63, 3.8) is 0 Å². The Morgan fingerprint density at radius 1 is 1.22 bits per heavy atom. The molecule has 0 aliphatic carbocycles. The van der Waals surface area contributed by atoms with Gasteiger partial charge in [0, 0.05) is 24.8 Å². The topological polar surface area (TPSA) is 43.8 Å². The average Bonchev–Trinajstić information content (AvgIpc) is 2.66. The lowest BCUT2D eigenvalue weighted by Gasteiger charge is -2.07. The first-order chi connectivity index (χ1) is 8.54. The number of benzene rings is 1. The molecule has 1 heterocycles. The van der Waals surface area contributed by atoms with Crippen molar-refractivity contribution in [2.75, 3.05) is 0 Å². The van der Waals surface area contributed by atoms with E-state index in [4.69, 9.17) is 5.73 Å². The molecule has 0 unspecified atom stereocenters. The van der Waals surface area contributed by atoms with Crippen LogP contribution in [0, 0.1) is 6.92 Å². The number of nitrogens with zero attached hydrogens (tertiary/aromatic N) is 2. The van der Waals surface area contributed by atoms with Crippen LogP contribution in [0.25, 0.3) is 11.4 Å². The molecule has 2 aromatic rings. The Morgan fingerprint density at radius 3 is 2.28 bits per heavy atom. The molecule has 1 aromatic carbocycles. The van der Waals surface area contributed by atoms with Gasteiger partial charge in [-0.15, -0.1) is 0 Å². The third-order valence-electron chi connectivity index (χ3n) is 3.51. The summed E-state index contributed by atoms with van der Waals surface area (Å²) < 4.78 is 2.10. The molecule has 0 atom stereocenters. The van der Waals surface area contributed by atoms with Crippen molar-refractivity contribution in [3.8, 4) is 11.4 Å². The fourth-order valence-corrected chi connectivity index (χ4v) is 2.10. The minimum atomic E-state index is 0.490. The first kappa shape index (κ1) is 12.8. The molecule has 2 rings (SSSR count). The lowest BCUT2D eigenvalue weighted by Crippen LogP contribution is -1.99. The van der Waals surface area contributed by atoms with Crippen molar-refractivity contribution in [2.45, 2.75) is 33.2 Å². The summed E-state index contributed by atoms with van der Waals surface area (Å²) in [5, 5.41) is 0. The largest absolute Gasteiger partial charge is 0.331 e. The highest BCUT2D eigenvalue weighted by Crippen LogP contribution is 2.23. The van der Waals surface area contributed by atoms with Gasteiger partial charge in [-0.3, -0.25) is 0 Å². The molecule has 0 spiro atoms. The van der Waals surface area contributed by atoms with Gasteiger partial charge >= 0.3 is 0 Å². The molecular formula is C15H21N3. The second-order valence-electron chi connectivity index (χ2n) is 5.01. The molecule has 0 bridgehead atoms. The summed E-state index contributed by atoms with van der Waals surface area (Å²) in [6, 6.07) is 8.62. The SMILES string of the molecule is Cc1c(CN)nc(-c2ccc(C(C)C)cc2)n1C. The van der Waals surface area contributed by atoms with Crippen molar-refractivity contribution in [1.82, 2.24) is 9.55 Å². The first-order valence-electron chi connectivity index (χ1n) is 6.37. The van der Waals surface area contributed by atoms with Gasteiger partial charge in [0.15, 0.2) is 0 Å². The van der Waals surface area contributed by atoms with Crippen LogP contribution in [0.3, 0.4) is 0 Å². The quantitative estimate of drug-likeness (QED) is 0.900. The van der Waals surface area contributed by atoms with Crippen molar-refractivity contribution < 1.29 is 0 Å². The highest BCUT2D eigenvalue weighted by molar-refractivity contribution is 5.57. The fourth-order valence-electron chi connectivity index (χ4n) is 2.10. The number of aromatic nitrogens is 2. The summed E-state index contributed by atoms with van der Waals surface area (Å²) in [6.45, 7) is 6.95. The summed E-state index contributed by atoms with van der Waals surface area (Å²) in [5.74, 6) is 1.55. The Labute approximate surface area is 109 Å². The maximum atomic E-state index is 5.70. The lowest BCUT2D eigenvalue weighted by molar-refractivity contribution is 0.863. The molecule has 0 saturated carbocycles. The average molecular weight is 243 g/mol. The van der Waals surface area contributed by atoms with Crippen LogP contribution in [0.15, 0.2) is 24.3 Å². The predicted octanol–water partition coefficient (Wildman–Crippen LogP) is 2.98. The molecular weight excluding hydrogens is 222 g/mol. The van der Waals surface area contributed by atoms with E-state index in [2.05, 4.69) is 54.6 Å². The van der Waals surface area contributed by atoms with Gasteiger partial charge in [-0.05, 0) is 18.4 Å². The predicted molar refractivity (Wildman–Crippen MR) is 75.4 cm³/mol. The molecule has 0 aliphatic heterocycles. The molecule has 0 amide bonds. The summed E-state index contributed by atoms with van der Waals surface area (Å²) in [7, 11) is 2.03. The lowest BCUT2D eigenvalue weighted by atomic mass is 10.0. The smallest absolute Gasteiger partial charge is 0.140 e. The van der Waals surface area contributed by atoms with Crippen LogP contribution in [-0.2, 0) is 13.6 Å². The monoisotopic (exact) mass is 243 g/mol. The Hall–Kier alpha value is -1.61. The van der Waals surface area contributed by atoms with E-state index in [-0.39, 0.29) is 0 Å². The second kappa shape index (κ2) is 4.94. The van der Waals surface area contributed by atoms with Gasteiger partial charge in [0.25, 0.3) is 0 Å². The third-order valence-corrected chi connectivity index (χ3v) is 3.51. The number of rotatable bonds is 3. The molecule has 96 valence electrons. The van der Waals surface area contributed by atoms with E-state index < -0.39 is 0 Å². The molecule has 0 radical (unpaired) electrons. The zero-order valence-corrected chi connectivity index (χ0v) is 11.6. The summed E-state index contributed by atoms with van der Waals surface area (Å²) in [5.41, 5.74) is 10.3. The zero-order valence-electron chi connectivity index (χ0n) is 11.6. The molecule has 0 fully saturated rings. The van der Waals surface area contributed by atoms with E-state index in [0.29, 0.717) is 12.5 Å². The van der Waals surface area contributed by atoms with Crippen LogP contribution in [0.5, 0.6) is 0 Å². The van der Waals surface area contributed by atoms with Crippen molar-refractivity contribution >= 4 is 0 Å². The van der Waals surface area contributed by atoms with Crippen LogP contribution in [0.4, 0.5) is 0 Å². The Balaban J connectivity index is 2.42. The number of hydrogen-bond donors (Lipinski definition) is 1. The minimum absolute atomic E-state index is 0.490. The van der Waals surface area contributed by atoms with Crippen LogP contribution < -0.4 is 5.73 Å². The van der Waals surface area contributed by atoms with Gasteiger partial charge in [-0.2, -0.15) is 0 Å². The van der Waals surface area contributed by atoms with Crippen molar-refractivity contribution in [1.29, 1.82) is 0 Å². The van der Waals surface area contributed by atoms with Crippen molar-refractivity contribution in [3.05, 3.63) is 41.2 Å². The van der Waals surface area contributed by atoms with Gasteiger partial charge < -0.3 is 10.3 Å². The highest BCUT2D eigenvalue weighted by atomic mass is 15.1. The van der Waals surface area contributed by atoms with Crippen LogP contribution in [-0.4, -0.2) is 9.55 Å². The molecule has 3 nitrogen and oxygen atoms in total. The van der Waals surface area contributed by atoms with Crippen LogP contribution >= 0.6 is 0 Å². The van der Waals surface area contributed by atoms with E-state index >= 15 is 0 Å². The number of imidazole rings is 1. The Bertz CT molecular complexity index is 536. The molecule has 0 saturated heterocycles. The van der Waals surface area contributed by atoms with Crippen molar-refractivity contribution in [2.24, 2.45) is 12.8 Å². The minimum Gasteiger partial charge on any atom is -0.331 e. The van der Waals surface area contributed by atoms with Gasteiger partial charge in [0.1, 0.15) is 5.82 Å². The van der Waals surface area contributed by atoms with Gasteiger partial charge in [-0.25, -0.2) is 4.98 Å². The maximum Gasteiger partial charge on any atom is 0.140 e. The number of hydrogen-bond acceptors (Lipinski definition) is 2. The van der Waals surface area contributed by atoms with E-state index in [9.17, 15) is 0 Å². The molecule has 18 heavy (non-hydrogen) atoms. The van der Waals surface area contributed by atoms with E-state index in [1.807, 2.05) is 7.05 Å². The standard InChI is InChI=1S/C15H21N3/c1-10(2)12-5-7-13(8-6-12)15-17-14(9-16)11(3)18(15)4/h5-8,10H,9,16H2,1-4H3. The van der Waals surface area contributed by atoms with Crippen LogP contribution in [0.2, 0.25) is 0 Å². The fraction of sp³-hybridized carbons (Fsp3) is 0.400. The Morgan fingerprint density at radius 2 is 1.83 bits per heavy atom. The highest BCUT2D eigenvalue weighted by Gasteiger charge is 2.11. The normalized spacial score (nSPS) is 11.2. The van der Waals surface area contributed by atoms with E-state index in [1.54, 1.807) is 0 Å². The van der Waals surface area contributed by atoms with E-state index in [1.165, 1.54) is 5.56 Å². The second-order valence-corrected chi connectivity index (χ2v) is 5.01. The zero-order chi connectivity index (χ0) is 13.3. The molecule has 0 aliphatic rings. The number of nitrogens with two attached hydrogens (primary N) is 1. The summed E-state index contributed by atoms with van der Waals surface area (Å²) in [4.78, 5) is 4.61. The van der Waals surface area contributed by atoms with Crippen LogP contribution in [0.1, 0.15) is 36.7 Å². The van der Waals surface area contributed by atoms with E-state index in [0.717, 1.165) is 22.8 Å². The molecule has 1 aromatic heterocycles. The van der Waals surface area contributed by atoms with Gasteiger partial charge in [-0.1, -0.05) is 38.1 Å². The Kier molecular flexibility index (Phi) is 3.53.